The fourth-order valence-corrected chi connectivity index (χ4v) is 3.87. The molecule has 2 aromatic rings. The van der Waals surface area contributed by atoms with Gasteiger partial charge in [-0.15, -0.1) is 0 Å². The molecular weight excluding hydrogens is 347 g/mol. The molecule has 1 aromatic heterocycles. The number of hydrogen-bond donors (Lipinski definition) is 1. The quantitative estimate of drug-likeness (QED) is 0.835. The Morgan fingerprint density at radius 2 is 2.12 bits per heavy atom. The summed E-state index contributed by atoms with van der Waals surface area (Å²) >= 11 is 0. The molecule has 1 fully saturated rings. The third kappa shape index (κ3) is 3.67. The van der Waals surface area contributed by atoms with Crippen LogP contribution in [0.5, 0.6) is 5.75 Å². The van der Waals surface area contributed by atoms with Crippen molar-refractivity contribution in [3.63, 3.8) is 0 Å². The van der Waals surface area contributed by atoms with Crippen molar-refractivity contribution in [2.75, 3.05) is 6.61 Å². The fourth-order valence-electron chi connectivity index (χ4n) is 2.82. The number of hydrogen-bond acceptors (Lipinski definition) is 6. The molecular formula is C16H17N2O6P. The molecule has 0 aliphatic carbocycles. The molecule has 25 heavy (non-hydrogen) atoms. The first kappa shape index (κ1) is 16.5. The van der Waals surface area contributed by atoms with Gasteiger partial charge in [-0.1, -0.05) is 18.2 Å². The number of H-pyrrole nitrogens is 1. The van der Waals surface area contributed by atoms with Crippen LogP contribution in [0.25, 0.3) is 0 Å². The van der Waals surface area contributed by atoms with Gasteiger partial charge in [-0.25, -0.2) is 4.79 Å². The molecule has 1 N–H and O–H groups in total. The van der Waals surface area contributed by atoms with E-state index in [-0.39, 0.29) is 6.10 Å². The predicted octanol–water partition coefficient (Wildman–Crippen LogP) is 2.07. The summed E-state index contributed by atoms with van der Waals surface area (Å²) in [6.07, 6.45) is 2.30. The average molecular weight is 364 g/mol. The van der Waals surface area contributed by atoms with Gasteiger partial charge in [0.05, 0.1) is 19.3 Å². The number of aromatic amines is 1. The molecule has 0 radical (unpaired) electrons. The van der Waals surface area contributed by atoms with Gasteiger partial charge in [-0.2, -0.15) is 0 Å². The Morgan fingerprint density at radius 3 is 3.00 bits per heavy atom. The lowest BCUT2D eigenvalue weighted by molar-refractivity contribution is -0.0229. The number of ether oxygens (including phenoxy) is 1. The zero-order valence-electron chi connectivity index (χ0n) is 13.3. The molecule has 2 aliphatic rings. The lowest BCUT2D eigenvalue weighted by Gasteiger charge is -2.24. The molecule has 8 nitrogen and oxygen atoms in total. The molecule has 2 aliphatic heterocycles. The highest BCUT2D eigenvalue weighted by Crippen LogP contribution is 2.47. The van der Waals surface area contributed by atoms with Crippen LogP contribution in [-0.4, -0.2) is 22.3 Å². The smallest absolute Gasteiger partial charge is 0.397 e. The van der Waals surface area contributed by atoms with Crippen molar-refractivity contribution in [1.29, 1.82) is 0 Å². The van der Waals surface area contributed by atoms with Crippen molar-refractivity contribution in [1.82, 2.24) is 9.55 Å². The van der Waals surface area contributed by atoms with Gasteiger partial charge < -0.3 is 9.26 Å². The van der Waals surface area contributed by atoms with E-state index in [4.69, 9.17) is 18.3 Å². The molecule has 0 spiro atoms. The second-order valence-electron chi connectivity index (χ2n) is 5.80. The molecule has 4 rings (SSSR count). The van der Waals surface area contributed by atoms with E-state index in [1.54, 1.807) is 0 Å². The number of nitrogens with zero attached hydrogens (tertiary/aromatic N) is 1. The Morgan fingerprint density at radius 1 is 1.24 bits per heavy atom. The van der Waals surface area contributed by atoms with Crippen molar-refractivity contribution >= 4 is 8.60 Å². The van der Waals surface area contributed by atoms with Crippen LogP contribution in [-0.2, 0) is 20.4 Å². The Hall–Kier alpha value is -1.99. The Balaban J connectivity index is 1.32. The van der Waals surface area contributed by atoms with Crippen LogP contribution in [0.3, 0.4) is 0 Å². The molecule has 1 aromatic carbocycles. The van der Waals surface area contributed by atoms with Gasteiger partial charge in [0, 0.05) is 17.8 Å². The molecule has 3 atom stereocenters. The van der Waals surface area contributed by atoms with Gasteiger partial charge in [0.2, 0.25) is 0 Å². The average Bonchev–Trinajstić information content (AvgIpc) is 3.08. The summed E-state index contributed by atoms with van der Waals surface area (Å²) in [5.41, 5.74) is 0.104. The number of rotatable bonds is 4. The predicted molar refractivity (Wildman–Crippen MR) is 89.2 cm³/mol. The van der Waals surface area contributed by atoms with E-state index in [0.29, 0.717) is 19.6 Å². The largest absolute Gasteiger partial charge is 0.426 e. The van der Waals surface area contributed by atoms with Gasteiger partial charge in [0.25, 0.3) is 5.56 Å². The minimum Gasteiger partial charge on any atom is -0.426 e. The van der Waals surface area contributed by atoms with Crippen LogP contribution >= 0.6 is 8.60 Å². The summed E-state index contributed by atoms with van der Waals surface area (Å²) in [4.78, 5) is 25.2. The molecule has 3 unspecified atom stereocenters. The van der Waals surface area contributed by atoms with Crippen molar-refractivity contribution in [2.45, 2.75) is 31.8 Å². The molecule has 0 saturated carbocycles. The summed E-state index contributed by atoms with van der Waals surface area (Å²) in [7, 11) is -1.45. The lowest BCUT2D eigenvalue weighted by Crippen LogP contribution is -2.31. The Bertz CT molecular complexity index is 866. The highest BCUT2D eigenvalue weighted by Gasteiger charge is 2.30. The van der Waals surface area contributed by atoms with Crippen LogP contribution in [0.15, 0.2) is 46.1 Å². The summed E-state index contributed by atoms with van der Waals surface area (Å²) in [6.45, 7) is 0.783. The van der Waals surface area contributed by atoms with E-state index in [1.807, 2.05) is 24.3 Å². The lowest BCUT2D eigenvalue weighted by atomic mass is 10.2. The van der Waals surface area contributed by atoms with Gasteiger partial charge >= 0.3 is 14.3 Å². The first-order chi connectivity index (χ1) is 12.2. The second kappa shape index (κ2) is 7.09. The van der Waals surface area contributed by atoms with Crippen LogP contribution in [0.2, 0.25) is 0 Å². The molecule has 0 bridgehead atoms. The number of benzene rings is 1. The first-order valence-corrected chi connectivity index (χ1v) is 9.07. The summed E-state index contributed by atoms with van der Waals surface area (Å²) in [6, 6.07) is 8.99. The number of fused-ring (bicyclic) bond motifs is 1. The minimum absolute atomic E-state index is 0.157. The summed E-state index contributed by atoms with van der Waals surface area (Å²) in [5, 5.41) is 0. The van der Waals surface area contributed by atoms with Crippen LogP contribution in [0.4, 0.5) is 0 Å². The van der Waals surface area contributed by atoms with E-state index < -0.39 is 26.1 Å². The molecule has 9 heteroatoms. The zero-order valence-corrected chi connectivity index (χ0v) is 14.2. The van der Waals surface area contributed by atoms with Gasteiger partial charge in [-0.3, -0.25) is 23.4 Å². The minimum atomic E-state index is -1.45. The third-order valence-electron chi connectivity index (χ3n) is 4.08. The maximum absolute atomic E-state index is 11.8. The van der Waals surface area contributed by atoms with Crippen LogP contribution in [0.1, 0.15) is 24.6 Å². The number of para-hydroxylation sites is 1. The first-order valence-electron chi connectivity index (χ1n) is 7.98. The molecule has 0 amide bonds. The van der Waals surface area contributed by atoms with E-state index in [0.717, 1.165) is 17.7 Å². The second-order valence-corrected chi connectivity index (χ2v) is 6.95. The van der Waals surface area contributed by atoms with Crippen LogP contribution < -0.4 is 15.8 Å². The molecule has 132 valence electrons. The van der Waals surface area contributed by atoms with Crippen molar-refractivity contribution in [3.05, 3.63) is 62.9 Å². The zero-order chi connectivity index (χ0) is 17.2. The van der Waals surface area contributed by atoms with E-state index in [2.05, 4.69) is 4.98 Å². The van der Waals surface area contributed by atoms with E-state index >= 15 is 0 Å². The molecule has 3 heterocycles. The monoisotopic (exact) mass is 364 g/mol. The SMILES string of the molecule is O=c1ccn(C2CCC(COP3OCc4ccccc4O3)O2)c(=O)[nH]1. The van der Waals surface area contributed by atoms with Gasteiger partial charge in [0.1, 0.15) is 12.0 Å². The maximum atomic E-state index is 11.8. The highest BCUT2D eigenvalue weighted by molar-refractivity contribution is 7.42. The van der Waals surface area contributed by atoms with Crippen molar-refractivity contribution < 1.29 is 18.3 Å². The van der Waals surface area contributed by atoms with Gasteiger partial charge in [0.15, 0.2) is 0 Å². The van der Waals surface area contributed by atoms with Gasteiger partial charge in [-0.05, 0) is 18.9 Å². The maximum Gasteiger partial charge on any atom is 0.397 e. The highest BCUT2D eigenvalue weighted by atomic mass is 31.2. The van der Waals surface area contributed by atoms with E-state index in [1.165, 1.54) is 16.8 Å². The fraction of sp³-hybridized carbons (Fsp3) is 0.375. The normalized spacial score (nSPS) is 25.4. The third-order valence-corrected chi connectivity index (χ3v) is 5.13. The van der Waals surface area contributed by atoms with Crippen LogP contribution in [0, 0.1) is 0 Å². The standard InChI is InChI=1S/C16H17N2O6P/c19-14-7-8-18(16(20)17-14)15-6-5-12(23-15)10-22-25-21-9-11-3-1-2-4-13(11)24-25/h1-4,7-8,12,15H,5-6,9-10H2,(H,17,19,20). The summed E-state index contributed by atoms with van der Waals surface area (Å²) in [5.74, 6) is 0.782. The van der Waals surface area contributed by atoms with Crippen molar-refractivity contribution in [2.24, 2.45) is 0 Å². The van der Waals surface area contributed by atoms with E-state index in [9.17, 15) is 9.59 Å². The number of nitrogens with one attached hydrogen (secondary N) is 1. The number of aromatic nitrogens is 2. The topological polar surface area (TPSA) is 91.8 Å². The Kier molecular flexibility index (Phi) is 4.67. The summed E-state index contributed by atoms with van der Waals surface area (Å²) < 4.78 is 24.2. The van der Waals surface area contributed by atoms with Crippen molar-refractivity contribution in [3.8, 4) is 5.75 Å². The molecule has 1 saturated heterocycles. The Labute approximate surface area is 144 Å².